The number of benzene rings is 2. The number of hydrogen-bond acceptors (Lipinski definition) is 3. The molecule has 4 rings (SSSR count). The molecule has 0 bridgehead atoms. The van der Waals surface area contributed by atoms with Gasteiger partial charge >= 0.3 is 0 Å². The van der Waals surface area contributed by atoms with Crippen LogP contribution in [0.5, 0.6) is 0 Å². The van der Waals surface area contributed by atoms with E-state index in [0.717, 1.165) is 34.5 Å². The lowest BCUT2D eigenvalue weighted by molar-refractivity contribution is 0.288. The molecule has 0 atom stereocenters. The number of H-pyrrole nitrogens is 1. The number of fused-ring (bicyclic) bond motifs is 1. The summed E-state index contributed by atoms with van der Waals surface area (Å²) in [5, 5.41) is 17.7. The van der Waals surface area contributed by atoms with Crippen molar-refractivity contribution in [3.63, 3.8) is 0 Å². The number of nitrogens with one attached hydrogen (secondary N) is 1. The zero-order chi connectivity index (χ0) is 16.4. The quantitative estimate of drug-likeness (QED) is 0.586. The molecule has 0 fully saturated rings. The topological polar surface area (TPSA) is 62.1 Å². The SMILES string of the molecule is OCCc1ccc(-c2n[nH]c3cccc(Cc4ccccc4)c23)o1. The number of aliphatic hydroxyl groups is 1. The maximum Gasteiger partial charge on any atom is 0.155 e. The van der Waals surface area contributed by atoms with E-state index in [9.17, 15) is 0 Å². The Labute approximate surface area is 139 Å². The van der Waals surface area contributed by atoms with Crippen molar-refractivity contribution in [1.82, 2.24) is 10.2 Å². The first-order valence-electron chi connectivity index (χ1n) is 8.05. The maximum atomic E-state index is 9.06. The fourth-order valence-electron chi connectivity index (χ4n) is 3.04. The number of furan rings is 1. The molecule has 2 aromatic heterocycles. The summed E-state index contributed by atoms with van der Waals surface area (Å²) in [6, 6.07) is 20.4. The highest BCUT2D eigenvalue weighted by Gasteiger charge is 2.15. The van der Waals surface area contributed by atoms with Crippen LogP contribution >= 0.6 is 0 Å². The van der Waals surface area contributed by atoms with Crippen LogP contribution in [0.4, 0.5) is 0 Å². The molecule has 4 heteroatoms. The summed E-state index contributed by atoms with van der Waals surface area (Å²) in [6.45, 7) is 0.0769. The molecule has 2 aromatic carbocycles. The first-order valence-corrected chi connectivity index (χ1v) is 8.05. The summed E-state index contributed by atoms with van der Waals surface area (Å²) in [7, 11) is 0. The van der Waals surface area contributed by atoms with Gasteiger partial charge in [0.2, 0.25) is 0 Å². The molecule has 0 aliphatic rings. The van der Waals surface area contributed by atoms with Gasteiger partial charge in [0.15, 0.2) is 5.76 Å². The number of aliphatic hydroxyl groups excluding tert-OH is 1. The molecule has 24 heavy (non-hydrogen) atoms. The van der Waals surface area contributed by atoms with E-state index in [-0.39, 0.29) is 6.61 Å². The summed E-state index contributed by atoms with van der Waals surface area (Å²) in [5.74, 6) is 1.49. The van der Waals surface area contributed by atoms with E-state index in [4.69, 9.17) is 9.52 Å². The molecular weight excluding hydrogens is 300 g/mol. The van der Waals surface area contributed by atoms with Gasteiger partial charge in [0.25, 0.3) is 0 Å². The van der Waals surface area contributed by atoms with Crippen molar-refractivity contribution in [1.29, 1.82) is 0 Å². The van der Waals surface area contributed by atoms with Gasteiger partial charge in [-0.15, -0.1) is 0 Å². The van der Waals surface area contributed by atoms with Gasteiger partial charge < -0.3 is 9.52 Å². The molecule has 0 saturated carbocycles. The van der Waals surface area contributed by atoms with Crippen LogP contribution < -0.4 is 0 Å². The van der Waals surface area contributed by atoms with Crippen molar-refractivity contribution in [2.45, 2.75) is 12.8 Å². The Morgan fingerprint density at radius 1 is 0.958 bits per heavy atom. The van der Waals surface area contributed by atoms with Crippen LogP contribution in [0.25, 0.3) is 22.4 Å². The fourth-order valence-corrected chi connectivity index (χ4v) is 3.04. The number of rotatable bonds is 5. The minimum atomic E-state index is 0.0769. The number of nitrogens with zero attached hydrogens (tertiary/aromatic N) is 1. The van der Waals surface area contributed by atoms with Gasteiger partial charge in [-0.2, -0.15) is 5.10 Å². The second-order valence-electron chi connectivity index (χ2n) is 5.81. The van der Waals surface area contributed by atoms with Crippen molar-refractivity contribution in [3.05, 3.63) is 77.6 Å². The normalized spacial score (nSPS) is 11.2. The largest absolute Gasteiger partial charge is 0.459 e. The predicted molar refractivity (Wildman–Crippen MR) is 93.8 cm³/mol. The molecule has 0 spiro atoms. The first kappa shape index (κ1) is 14.7. The lowest BCUT2D eigenvalue weighted by Gasteiger charge is -2.05. The van der Waals surface area contributed by atoms with Gasteiger partial charge in [-0.25, -0.2) is 0 Å². The highest BCUT2D eigenvalue weighted by Crippen LogP contribution is 2.31. The van der Waals surface area contributed by atoms with Gasteiger partial charge in [-0.05, 0) is 35.7 Å². The third-order valence-electron chi connectivity index (χ3n) is 4.17. The zero-order valence-corrected chi connectivity index (χ0v) is 13.2. The molecule has 4 aromatic rings. The lowest BCUT2D eigenvalue weighted by Crippen LogP contribution is -1.90. The highest BCUT2D eigenvalue weighted by molar-refractivity contribution is 5.94. The Hall–Kier alpha value is -2.85. The second kappa shape index (κ2) is 6.34. The van der Waals surface area contributed by atoms with Crippen molar-refractivity contribution >= 4 is 10.9 Å². The van der Waals surface area contributed by atoms with E-state index in [1.807, 2.05) is 30.3 Å². The minimum Gasteiger partial charge on any atom is -0.459 e. The van der Waals surface area contributed by atoms with Crippen LogP contribution in [0, 0.1) is 0 Å². The Morgan fingerprint density at radius 3 is 2.67 bits per heavy atom. The van der Waals surface area contributed by atoms with Crippen molar-refractivity contribution in [3.8, 4) is 11.5 Å². The number of aromatic nitrogens is 2. The molecule has 0 saturated heterocycles. The molecule has 0 aliphatic heterocycles. The molecule has 0 amide bonds. The first-order chi connectivity index (χ1) is 11.8. The van der Waals surface area contributed by atoms with E-state index in [0.29, 0.717) is 6.42 Å². The summed E-state index contributed by atoms with van der Waals surface area (Å²) >= 11 is 0. The van der Waals surface area contributed by atoms with Gasteiger partial charge in [0, 0.05) is 11.8 Å². The zero-order valence-electron chi connectivity index (χ0n) is 13.2. The van der Waals surface area contributed by atoms with Gasteiger partial charge in [-0.3, -0.25) is 5.10 Å². The molecule has 2 N–H and O–H groups in total. The predicted octanol–water partition coefficient (Wildman–Crippen LogP) is 3.95. The van der Waals surface area contributed by atoms with Crippen molar-refractivity contribution in [2.75, 3.05) is 6.61 Å². The summed E-state index contributed by atoms with van der Waals surface area (Å²) in [4.78, 5) is 0. The monoisotopic (exact) mass is 318 g/mol. The fraction of sp³-hybridized carbons (Fsp3) is 0.150. The molecular formula is C20H18N2O2. The summed E-state index contributed by atoms with van der Waals surface area (Å²) in [5.41, 5.74) is 4.29. The van der Waals surface area contributed by atoms with Crippen LogP contribution in [0.2, 0.25) is 0 Å². The van der Waals surface area contributed by atoms with Crippen LogP contribution in [-0.4, -0.2) is 21.9 Å². The number of hydrogen-bond donors (Lipinski definition) is 2. The third kappa shape index (κ3) is 2.72. The van der Waals surface area contributed by atoms with E-state index in [1.165, 1.54) is 11.1 Å². The molecule has 0 unspecified atom stereocenters. The standard InChI is InChI=1S/C20H18N2O2/c23-12-11-16-9-10-18(24-16)20-19-15(7-4-8-17(19)21-22-20)13-14-5-2-1-3-6-14/h1-10,23H,11-13H2,(H,21,22). The Balaban J connectivity index is 1.79. The number of aromatic amines is 1. The molecule has 0 radical (unpaired) electrons. The molecule has 120 valence electrons. The van der Waals surface area contributed by atoms with Gasteiger partial charge in [0.05, 0.1) is 12.1 Å². The van der Waals surface area contributed by atoms with Crippen LogP contribution in [-0.2, 0) is 12.8 Å². The average molecular weight is 318 g/mol. The van der Waals surface area contributed by atoms with Crippen molar-refractivity contribution < 1.29 is 9.52 Å². The maximum absolute atomic E-state index is 9.06. The van der Waals surface area contributed by atoms with E-state index < -0.39 is 0 Å². The van der Waals surface area contributed by atoms with Crippen LogP contribution in [0.3, 0.4) is 0 Å². The Bertz CT molecular complexity index is 954. The van der Waals surface area contributed by atoms with Crippen molar-refractivity contribution in [2.24, 2.45) is 0 Å². The Morgan fingerprint density at radius 2 is 1.83 bits per heavy atom. The van der Waals surface area contributed by atoms with E-state index in [1.54, 1.807) is 0 Å². The van der Waals surface area contributed by atoms with Gasteiger partial charge in [-0.1, -0.05) is 42.5 Å². The molecule has 0 aliphatic carbocycles. The summed E-state index contributed by atoms with van der Waals surface area (Å²) in [6.07, 6.45) is 1.36. The Kier molecular flexibility index (Phi) is 3.89. The van der Waals surface area contributed by atoms with Crippen LogP contribution in [0.15, 0.2) is 65.1 Å². The smallest absolute Gasteiger partial charge is 0.155 e. The van der Waals surface area contributed by atoms with Crippen LogP contribution in [0.1, 0.15) is 16.9 Å². The minimum absolute atomic E-state index is 0.0769. The highest BCUT2D eigenvalue weighted by atomic mass is 16.3. The van der Waals surface area contributed by atoms with E-state index >= 15 is 0 Å². The lowest BCUT2D eigenvalue weighted by atomic mass is 9.99. The second-order valence-corrected chi connectivity index (χ2v) is 5.81. The van der Waals surface area contributed by atoms with Gasteiger partial charge in [0.1, 0.15) is 11.5 Å². The molecule has 2 heterocycles. The third-order valence-corrected chi connectivity index (χ3v) is 4.17. The van der Waals surface area contributed by atoms with E-state index in [2.05, 4.69) is 40.5 Å². The molecule has 4 nitrogen and oxygen atoms in total. The summed E-state index contributed by atoms with van der Waals surface area (Å²) < 4.78 is 5.84. The average Bonchev–Trinajstić information content (AvgIpc) is 3.23.